The molecule has 0 aliphatic heterocycles. The number of aliphatic hydroxyl groups is 1. The minimum atomic E-state index is -0.907. The van der Waals surface area contributed by atoms with Gasteiger partial charge in [0.1, 0.15) is 12.7 Å². The van der Waals surface area contributed by atoms with Gasteiger partial charge in [0.15, 0.2) is 6.04 Å². The summed E-state index contributed by atoms with van der Waals surface area (Å²) in [4.78, 5) is 23.1. The number of rotatable bonds is 23. The zero-order chi connectivity index (χ0) is 26.4. The Morgan fingerprint density at radius 3 is 2.06 bits per heavy atom. The molecule has 0 aliphatic carbocycles. The van der Waals surface area contributed by atoms with Crippen molar-refractivity contribution in [3.8, 4) is 0 Å². The molecule has 0 saturated heterocycles. The predicted molar refractivity (Wildman–Crippen MR) is 141 cm³/mol. The molecule has 0 heterocycles. The van der Waals surface area contributed by atoms with Gasteiger partial charge in [0.05, 0.1) is 34.4 Å². The molecule has 0 saturated carbocycles. The van der Waals surface area contributed by atoms with E-state index in [1.54, 1.807) is 0 Å². The third-order valence-electron chi connectivity index (χ3n) is 5.83. The van der Waals surface area contributed by atoms with E-state index in [0.29, 0.717) is 17.3 Å². The van der Waals surface area contributed by atoms with Crippen LogP contribution in [0, 0.1) is 0 Å². The fourth-order valence-corrected chi connectivity index (χ4v) is 3.65. The monoisotopic (exact) mass is 498 g/mol. The van der Waals surface area contributed by atoms with Crippen molar-refractivity contribution in [1.29, 1.82) is 0 Å². The van der Waals surface area contributed by atoms with Crippen molar-refractivity contribution >= 4 is 11.9 Å². The number of aliphatic carboxylic acids is 1. The van der Waals surface area contributed by atoms with E-state index in [-0.39, 0.29) is 25.8 Å². The highest BCUT2D eigenvalue weighted by Crippen LogP contribution is 2.10. The number of carbonyl (C=O) groups is 2. The first-order valence-electron chi connectivity index (χ1n) is 13.4. The predicted octanol–water partition coefficient (Wildman–Crippen LogP) is 5.27. The molecule has 2 N–H and O–H groups in total. The maximum Gasteiger partial charge on any atom is 0.362 e. The number of carboxylic acid groups (broad SMARTS) is 1. The number of carboxylic acids is 1. The average Bonchev–Trinajstić information content (AvgIpc) is 2.79. The summed E-state index contributed by atoms with van der Waals surface area (Å²) >= 11 is 0. The summed E-state index contributed by atoms with van der Waals surface area (Å²) in [5.74, 6) is -1.17. The van der Waals surface area contributed by atoms with E-state index < -0.39 is 18.1 Å². The van der Waals surface area contributed by atoms with Gasteiger partial charge in [0, 0.05) is 12.8 Å². The Hall–Kier alpha value is -1.70. The summed E-state index contributed by atoms with van der Waals surface area (Å²) < 4.78 is 10.8. The second-order valence-electron chi connectivity index (χ2n) is 10.2. The molecule has 0 spiro atoms. The van der Waals surface area contributed by atoms with Gasteiger partial charge in [-0.15, -0.1) is 0 Å². The SMILES string of the molecule is CCCCC/C=C/C/C=C/CCCCCCCC(=O)OCC(O)COCC[C@@H](C(=O)O)[N+](C)(C)C. The summed E-state index contributed by atoms with van der Waals surface area (Å²) in [6, 6.07) is -0.575. The van der Waals surface area contributed by atoms with Crippen molar-refractivity contribution in [2.45, 2.75) is 103 Å². The van der Waals surface area contributed by atoms with Crippen LogP contribution in [0.2, 0.25) is 0 Å². The summed E-state index contributed by atoms with van der Waals surface area (Å²) in [7, 11) is 5.46. The van der Waals surface area contributed by atoms with Crippen molar-refractivity contribution in [3.05, 3.63) is 24.3 Å². The highest BCUT2D eigenvalue weighted by molar-refractivity contribution is 5.72. The van der Waals surface area contributed by atoms with E-state index >= 15 is 0 Å². The van der Waals surface area contributed by atoms with Crippen molar-refractivity contribution in [2.75, 3.05) is 41.0 Å². The minimum Gasteiger partial charge on any atom is -0.477 e. The lowest BCUT2D eigenvalue weighted by atomic mass is 10.1. The molecule has 0 amide bonds. The Balaban J connectivity index is 3.61. The summed E-state index contributed by atoms with van der Waals surface area (Å²) in [5, 5.41) is 19.2. The van der Waals surface area contributed by atoms with Gasteiger partial charge in [0.2, 0.25) is 0 Å². The second kappa shape index (κ2) is 21.6. The van der Waals surface area contributed by atoms with E-state index in [9.17, 15) is 19.8 Å². The molecule has 0 fully saturated rings. The summed E-state index contributed by atoms with van der Waals surface area (Å²) in [5.41, 5.74) is 0. The Kier molecular flexibility index (Phi) is 20.5. The zero-order valence-electron chi connectivity index (χ0n) is 22.8. The third kappa shape index (κ3) is 21.3. The maximum atomic E-state index is 11.8. The van der Waals surface area contributed by atoms with Crippen LogP contribution in [0.25, 0.3) is 0 Å². The first kappa shape index (κ1) is 33.3. The number of allylic oxidation sites excluding steroid dienone is 4. The second-order valence-corrected chi connectivity index (χ2v) is 10.2. The van der Waals surface area contributed by atoms with Crippen LogP contribution in [0.3, 0.4) is 0 Å². The number of quaternary nitrogens is 1. The number of aliphatic hydroxyl groups excluding tert-OH is 1. The molecular weight excluding hydrogens is 446 g/mol. The van der Waals surface area contributed by atoms with Gasteiger partial charge in [-0.1, -0.05) is 63.3 Å². The Bertz CT molecular complexity index is 597. The van der Waals surface area contributed by atoms with Crippen molar-refractivity contribution in [2.24, 2.45) is 0 Å². The van der Waals surface area contributed by atoms with Gasteiger partial charge in [-0.3, -0.25) is 4.79 Å². The van der Waals surface area contributed by atoms with E-state index in [1.165, 1.54) is 38.5 Å². The third-order valence-corrected chi connectivity index (χ3v) is 5.83. The molecule has 35 heavy (non-hydrogen) atoms. The van der Waals surface area contributed by atoms with Crippen molar-refractivity contribution < 1.29 is 33.8 Å². The molecule has 7 heteroatoms. The number of unbranched alkanes of at least 4 members (excludes halogenated alkanes) is 8. The maximum absolute atomic E-state index is 11.8. The Morgan fingerprint density at radius 1 is 0.857 bits per heavy atom. The Morgan fingerprint density at radius 2 is 1.46 bits per heavy atom. The van der Waals surface area contributed by atoms with Crippen molar-refractivity contribution in [3.63, 3.8) is 0 Å². The molecule has 7 nitrogen and oxygen atoms in total. The van der Waals surface area contributed by atoms with Gasteiger partial charge in [-0.25, -0.2) is 4.79 Å². The van der Waals surface area contributed by atoms with Crippen LogP contribution in [-0.2, 0) is 19.1 Å². The van der Waals surface area contributed by atoms with Crippen LogP contribution in [0.1, 0.15) is 90.4 Å². The van der Waals surface area contributed by atoms with Gasteiger partial charge in [0.25, 0.3) is 0 Å². The van der Waals surface area contributed by atoms with E-state index in [2.05, 4.69) is 31.2 Å². The van der Waals surface area contributed by atoms with E-state index in [1.807, 2.05) is 21.1 Å². The fourth-order valence-electron chi connectivity index (χ4n) is 3.65. The van der Waals surface area contributed by atoms with Crippen LogP contribution in [0.4, 0.5) is 0 Å². The highest BCUT2D eigenvalue weighted by Gasteiger charge is 2.30. The zero-order valence-corrected chi connectivity index (χ0v) is 22.8. The number of hydrogen-bond donors (Lipinski definition) is 2. The fraction of sp³-hybridized carbons (Fsp3) is 0.786. The average molecular weight is 499 g/mol. The number of esters is 1. The van der Waals surface area contributed by atoms with Crippen LogP contribution >= 0.6 is 0 Å². The van der Waals surface area contributed by atoms with Crippen molar-refractivity contribution in [1.82, 2.24) is 0 Å². The number of carbonyl (C=O) groups excluding carboxylic acids is 1. The van der Waals surface area contributed by atoms with Crippen LogP contribution < -0.4 is 0 Å². The molecule has 0 aromatic rings. The highest BCUT2D eigenvalue weighted by atomic mass is 16.5. The standard InChI is InChI=1S/C28H51NO6/c1-5-6-7-8-9-10-11-12-13-14-15-16-17-18-19-20-27(31)35-24-25(30)23-34-22-21-26(28(32)33)29(2,3)4/h9-10,12-13,25-26,30H,5-8,11,14-24H2,1-4H3/p+1/b10-9+,13-12+/t25?,26-/m0/s1. The smallest absolute Gasteiger partial charge is 0.362 e. The van der Waals surface area contributed by atoms with Gasteiger partial charge >= 0.3 is 11.9 Å². The number of nitrogens with zero attached hydrogens (tertiary/aromatic N) is 1. The van der Waals surface area contributed by atoms with Gasteiger partial charge < -0.3 is 24.2 Å². The topological polar surface area (TPSA) is 93.1 Å². The first-order valence-corrected chi connectivity index (χ1v) is 13.4. The van der Waals surface area contributed by atoms with Gasteiger partial charge in [-0.2, -0.15) is 0 Å². The number of hydrogen-bond acceptors (Lipinski definition) is 5. The van der Waals surface area contributed by atoms with Crippen LogP contribution in [-0.4, -0.2) is 79.7 Å². The largest absolute Gasteiger partial charge is 0.477 e. The van der Waals surface area contributed by atoms with E-state index in [4.69, 9.17) is 9.47 Å². The Labute approximate surface area is 213 Å². The molecule has 204 valence electrons. The van der Waals surface area contributed by atoms with Gasteiger partial charge in [-0.05, 0) is 38.5 Å². The summed E-state index contributed by atoms with van der Waals surface area (Å²) in [6.07, 6.45) is 21.3. The molecule has 0 radical (unpaired) electrons. The van der Waals surface area contributed by atoms with Crippen LogP contribution in [0.15, 0.2) is 24.3 Å². The molecule has 0 rings (SSSR count). The molecular formula is C28H52NO6+. The quantitative estimate of drug-likeness (QED) is 0.0863. The lowest BCUT2D eigenvalue weighted by Crippen LogP contribution is -2.50. The molecule has 0 aromatic carbocycles. The van der Waals surface area contributed by atoms with E-state index in [0.717, 1.165) is 32.1 Å². The number of likely N-dealkylation sites (N-methyl/N-ethyl adjacent to an activating group) is 1. The first-order chi connectivity index (χ1) is 16.7. The number of ether oxygens (including phenoxy) is 2. The molecule has 1 unspecified atom stereocenters. The van der Waals surface area contributed by atoms with Crippen LogP contribution in [0.5, 0.6) is 0 Å². The molecule has 2 atom stereocenters. The molecule has 0 aromatic heterocycles. The lowest BCUT2D eigenvalue weighted by molar-refractivity contribution is -0.887. The molecule has 0 bridgehead atoms. The molecule has 0 aliphatic rings. The summed E-state index contributed by atoms with van der Waals surface area (Å²) in [6.45, 7) is 2.37. The lowest BCUT2D eigenvalue weighted by Gasteiger charge is -2.31. The minimum absolute atomic E-state index is 0.0143. The normalized spacial score (nSPS) is 14.0.